The van der Waals surface area contributed by atoms with Crippen molar-refractivity contribution in [2.45, 2.75) is 0 Å². The topological polar surface area (TPSA) is 31.2 Å². The second-order valence-corrected chi connectivity index (χ2v) is 14.6. The first-order chi connectivity index (χ1) is 28.2. The van der Waals surface area contributed by atoms with E-state index in [2.05, 4.69) is 0 Å². The van der Waals surface area contributed by atoms with Gasteiger partial charge in [0.05, 0.1) is 5.69 Å². The van der Waals surface area contributed by atoms with Gasteiger partial charge in [0.1, 0.15) is 132 Å². The predicted molar refractivity (Wildman–Crippen MR) is 262 cm³/mol. The largest absolute Gasteiger partial charge is 0.456 e. The van der Waals surface area contributed by atoms with Gasteiger partial charge in [-0.2, -0.15) is 0 Å². The summed E-state index contributed by atoms with van der Waals surface area (Å²) >= 11 is 0. The molecule has 10 rings (SSSR count). The standard InChI is InChI=1S/C42H11B14NO2/c43-24-18(21-27(46)30(49)28(47)22-23-29(48)32(51)34(53)37(56)42(23)59-41(21)22)25(44)35(54)38-19(24)20-26(45)31(50)33(52)36(55)39(20)57(38)16-10-3-1-6-12(16)14-8-5-9-15-13-7-2-4-11-17(13)58-40(14)15/h1-11H. The fourth-order valence-corrected chi connectivity index (χ4v) is 8.70. The van der Waals surface area contributed by atoms with Crippen LogP contribution in [0.3, 0.4) is 0 Å². The van der Waals surface area contributed by atoms with Crippen LogP contribution in [-0.2, 0) is 0 Å². The highest BCUT2D eigenvalue weighted by atomic mass is 16.3. The summed E-state index contributed by atoms with van der Waals surface area (Å²) in [6.07, 6.45) is 0. The van der Waals surface area contributed by atoms with Gasteiger partial charge in [-0.15, -0.1) is 27.3 Å². The van der Waals surface area contributed by atoms with Crippen molar-refractivity contribution in [2.24, 2.45) is 0 Å². The first-order valence-corrected chi connectivity index (χ1v) is 18.2. The molecule has 7 aromatic carbocycles. The van der Waals surface area contributed by atoms with Gasteiger partial charge in [-0.05, 0) is 23.1 Å². The molecule has 3 nitrogen and oxygen atoms in total. The van der Waals surface area contributed by atoms with Gasteiger partial charge < -0.3 is 13.4 Å². The first kappa shape index (κ1) is 38.1. The number of aromatic nitrogens is 1. The summed E-state index contributed by atoms with van der Waals surface area (Å²) in [5.41, 5.74) is 5.40. The maximum absolute atomic E-state index is 7.31. The van der Waals surface area contributed by atoms with Crippen LogP contribution in [0.25, 0.3) is 93.6 Å². The highest BCUT2D eigenvalue weighted by molar-refractivity contribution is 6.72. The van der Waals surface area contributed by atoms with E-state index >= 15 is 0 Å². The minimum Gasteiger partial charge on any atom is -0.456 e. The van der Waals surface area contributed by atoms with Crippen molar-refractivity contribution in [3.8, 4) is 27.9 Å². The van der Waals surface area contributed by atoms with Crippen molar-refractivity contribution in [3.05, 3.63) is 66.7 Å². The SMILES string of the molecule is [B]c1c([B])c([B])c2c(oc3c(-c4c([B])c([B])c5c(c4[B])c4c([B])c([B])c([B])c([B])c4n5-c4ccccc4-c4cccc5c4oc4ccccc45)c([B])c([B])c([B])c32)c1[B]. The number of nitrogens with zero attached hydrogens (tertiary/aromatic N) is 1. The number of furan rings is 2. The van der Waals surface area contributed by atoms with Crippen molar-refractivity contribution >= 4 is 252 Å². The van der Waals surface area contributed by atoms with Crippen LogP contribution in [0.4, 0.5) is 0 Å². The summed E-state index contributed by atoms with van der Waals surface area (Å²) in [5.74, 6) is 0. The Bertz CT molecular complexity index is 3570. The molecule has 0 amide bonds. The number of rotatable bonds is 3. The van der Waals surface area contributed by atoms with Crippen LogP contribution in [0.2, 0.25) is 0 Å². The van der Waals surface area contributed by atoms with Crippen LogP contribution >= 0.6 is 0 Å². The van der Waals surface area contributed by atoms with Gasteiger partial charge >= 0.3 is 0 Å². The third-order valence-electron chi connectivity index (χ3n) is 11.6. The molecule has 10 aromatic rings. The smallest absolute Gasteiger partial charge is 0.143 e. The fourth-order valence-electron chi connectivity index (χ4n) is 8.70. The van der Waals surface area contributed by atoms with Crippen LogP contribution in [0, 0.1) is 0 Å². The Hall–Kier alpha value is -5.15. The maximum atomic E-state index is 7.31. The van der Waals surface area contributed by atoms with Crippen LogP contribution in [0.5, 0.6) is 0 Å². The summed E-state index contributed by atoms with van der Waals surface area (Å²) in [5, 5.41) is 3.11. The number of hydrogen-bond acceptors (Lipinski definition) is 2. The third-order valence-corrected chi connectivity index (χ3v) is 11.6. The Labute approximate surface area is 358 Å². The molecule has 17 heteroatoms. The van der Waals surface area contributed by atoms with E-state index in [0.29, 0.717) is 33.1 Å². The number of hydrogen-bond donors (Lipinski definition) is 0. The summed E-state index contributed by atoms with van der Waals surface area (Å²) in [7, 11) is 94.0. The highest BCUT2D eigenvalue weighted by Gasteiger charge is 2.29. The van der Waals surface area contributed by atoms with E-state index in [1.165, 1.54) is 0 Å². The number of fused-ring (bicyclic) bond motifs is 9. The lowest BCUT2D eigenvalue weighted by Gasteiger charge is -2.23. The molecule has 238 valence electrons. The molecule has 0 fully saturated rings. The minimum absolute atomic E-state index is 0.00612. The zero-order valence-electron chi connectivity index (χ0n) is 31.2. The van der Waals surface area contributed by atoms with Gasteiger partial charge in [0, 0.05) is 54.7 Å². The Morgan fingerprint density at radius 1 is 0.322 bits per heavy atom. The molecule has 28 radical (unpaired) electrons. The molecule has 0 aliphatic heterocycles. The number of benzene rings is 7. The second-order valence-electron chi connectivity index (χ2n) is 14.6. The van der Waals surface area contributed by atoms with Gasteiger partial charge in [0.2, 0.25) is 0 Å². The van der Waals surface area contributed by atoms with E-state index in [9.17, 15) is 0 Å². The number of para-hydroxylation sites is 3. The molecule has 0 unspecified atom stereocenters. The van der Waals surface area contributed by atoms with Gasteiger partial charge in [-0.25, -0.2) is 0 Å². The Morgan fingerprint density at radius 2 is 0.814 bits per heavy atom. The summed E-state index contributed by atoms with van der Waals surface area (Å²) in [6, 6.07) is 21.4. The third kappa shape index (κ3) is 4.91. The lowest BCUT2D eigenvalue weighted by atomic mass is 9.62. The summed E-state index contributed by atoms with van der Waals surface area (Å²) in [4.78, 5) is 0. The van der Waals surface area contributed by atoms with Crippen molar-refractivity contribution in [3.63, 3.8) is 0 Å². The van der Waals surface area contributed by atoms with Gasteiger partial charge in [0.15, 0.2) is 0 Å². The van der Waals surface area contributed by atoms with Crippen LogP contribution < -0.4 is 76.5 Å². The van der Waals surface area contributed by atoms with E-state index in [-0.39, 0.29) is 110 Å². The van der Waals surface area contributed by atoms with E-state index < -0.39 is 0 Å². The molecule has 0 aliphatic rings. The Morgan fingerprint density at radius 3 is 1.53 bits per heavy atom. The van der Waals surface area contributed by atoms with Gasteiger partial charge in [0.25, 0.3) is 0 Å². The average Bonchev–Trinajstić information content (AvgIpc) is 3.94. The molecule has 0 saturated carbocycles. The molecule has 59 heavy (non-hydrogen) atoms. The molecule has 0 aliphatic carbocycles. The maximum Gasteiger partial charge on any atom is 0.143 e. The van der Waals surface area contributed by atoms with Crippen molar-refractivity contribution in [1.82, 2.24) is 4.57 Å². The monoisotopic (exact) mass is 715 g/mol. The van der Waals surface area contributed by atoms with E-state index in [0.717, 1.165) is 27.5 Å². The van der Waals surface area contributed by atoms with E-state index in [4.69, 9.17) is 119 Å². The quantitative estimate of drug-likeness (QED) is 0.172. The molecule has 0 atom stereocenters. The highest BCUT2D eigenvalue weighted by Crippen LogP contribution is 2.40. The Kier molecular flexibility index (Phi) is 8.50. The zero-order chi connectivity index (χ0) is 41.7. The van der Waals surface area contributed by atoms with Crippen molar-refractivity contribution < 1.29 is 8.83 Å². The molecule has 0 N–H and O–H groups in total. The molecule has 0 saturated heterocycles. The van der Waals surface area contributed by atoms with Crippen LogP contribution in [-0.4, -0.2) is 114 Å². The van der Waals surface area contributed by atoms with Crippen molar-refractivity contribution in [2.75, 3.05) is 0 Å². The second kappa shape index (κ2) is 13.2. The van der Waals surface area contributed by atoms with E-state index in [1.54, 1.807) is 0 Å². The zero-order valence-corrected chi connectivity index (χ0v) is 31.2. The summed E-state index contributed by atoms with van der Waals surface area (Å²) < 4.78 is 14.7. The lowest BCUT2D eigenvalue weighted by Crippen LogP contribution is -2.48. The summed E-state index contributed by atoms with van der Waals surface area (Å²) in [6.45, 7) is 0. The van der Waals surface area contributed by atoms with Crippen LogP contribution in [0.1, 0.15) is 0 Å². The van der Waals surface area contributed by atoms with Crippen molar-refractivity contribution in [1.29, 1.82) is 0 Å². The molecule has 0 spiro atoms. The Balaban J connectivity index is 1.39. The molecular formula is C42H11B14NO2. The lowest BCUT2D eigenvalue weighted by molar-refractivity contribution is 0.670. The molecule has 3 heterocycles. The first-order valence-electron chi connectivity index (χ1n) is 18.2. The fraction of sp³-hybridized carbons (Fsp3) is 0. The average molecular weight is 713 g/mol. The molecule has 0 bridgehead atoms. The molecule has 3 aromatic heterocycles. The molecular weight excluding hydrogens is 702 g/mol. The minimum atomic E-state index is -0.0199. The van der Waals surface area contributed by atoms with Gasteiger partial charge in [-0.1, -0.05) is 104 Å². The van der Waals surface area contributed by atoms with Gasteiger partial charge in [-0.3, -0.25) is 0 Å². The van der Waals surface area contributed by atoms with Crippen LogP contribution in [0.15, 0.2) is 75.6 Å². The normalized spacial score (nSPS) is 12.0. The van der Waals surface area contributed by atoms with E-state index in [1.807, 2.05) is 71.3 Å². The predicted octanol–water partition coefficient (Wildman–Crippen LogP) is -4.97.